The number of phenols is 1. The summed E-state index contributed by atoms with van der Waals surface area (Å²) in [6, 6.07) is 4.83. The zero-order chi connectivity index (χ0) is 13.2. The molecule has 1 amide bonds. The van der Waals surface area contributed by atoms with E-state index in [1.54, 1.807) is 18.2 Å². The Bertz CT molecular complexity index is 448. The summed E-state index contributed by atoms with van der Waals surface area (Å²) in [6.07, 6.45) is 4.67. The monoisotopic (exact) mass is 248 g/mol. The normalized spacial score (nSPS) is 16.9. The largest absolute Gasteiger partial charge is 0.505 e. The van der Waals surface area contributed by atoms with Gasteiger partial charge in [-0.2, -0.15) is 0 Å². The number of amides is 1. The van der Waals surface area contributed by atoms with Crippen LogP contribution in [0, 0.1) is 5.41 Å². The van der Waals surface area contributed by atoms with Crippen LogP contribution < -0.4 is 11.1 Å². The fraction of sp³-hybridized carbons (Fsp3) is 0.500. The molecule has 18 heavy (non-hydrogen) atoms. The molecule has 4 nitrogen and oxygen atoms in total. The highest BCUT2D eigenvalue weighted by Gasteiger charge is 2.35. The number of nitrogen functional groups attached to an aromatic ring is 1. The molecule has 1 saturated carbocycles. The van der Waals surface area contributed by atoms with Gasteiger partial charge in [0, 0.05) is 6.54 Å². The number of carbonyl (C=O) groups excluding carboxylic acids is 1. The van der Waals surface area contributed by atoms with Crippen molar-refractivity contribution in [3.05, 3.63) is 23.8 Å². The van der Waals surface area contributed by atoms with Crippen LogP contribution >= 0.6 is 0 Å². The number of anilines is 1. The minimum absolute atomic E-state index is 0.130. The van der Waals surface area contributed by atoms with Crippen LogP contribution in [0.3, 0.4) is 0 Å². The summed E-state index contributed by atoms with van der Waals surface area (Å²) in [5, 5.41) is 12.6. The minimum atomic E-state index is -0.250. The van der Waals surface area contributed by atoms with E-state index in [-0.39, 0.29) is 28.3 Å². The van der Waals surface area contributed by atoms with Gasteiger partial charge in [-0.25, -0.2) is 0 Å². The maximum Gasteiger partial charge on any atom is 0.255 e. The number of para-hydroxylation sites is 1. The Morgan fingerprint density at radius 2 is 2.22 bits per heavy atom. The molecule has 4 heteroatoms. The van der Waals surface area contributed by atoms with Crippen molar-refractivity contribution in [3.63, 3.8) is 0 Å². The van der Waals surface area contributed by atoms with E-state index in [0.717, 1.165) is 6.42 Å². The van der Waals surface area contributed by atoms with Crippen molar-refractivity contribution in [1.82, 2.24) is 5.32 Å². The molecule has 98 valence electrons. The molecule has 2 rings (SSSR count). The van der Waals surface area contributed by atoms with Gasteiger partial charge in [0.25, 0.3) is 5.91 Å². The molecule has 0 atom stereocenters. The molecular weight excluding hydrogens is 228 g/mol. The van der Waals surface area contributed by atoms with Crippen molar-refractivity contribution >= 4 is 11.6 Å². The molecule has 0 aliphatic heterocycles. The first-order valence-electron chi connectivity index (χ1n) is 6.44. The summed E-state index contributed by atoms with van der Waals surface area (Å²) in [5.74, 6) is -0.381. The molecule has 4 N–H and O–H groups in total. The van der Waals surface area contributed by atoms with E-state index in [1.165, 1.54) is 19.3 Å². The van der Waals surface area contributed by atoms with Crippen molar-refractivity contribution in [1.29, 1.82) is 0 Å². The Balaban J connectivity index is 2.02. The van der Waals surface area contributed by atoms with Crippen molar-refractivity contribution in [2.45, 2.75) is 32.6 Å². The average molecular weight is 248 g/mol. The van der Waals surface area contributed by atoms with E-state index in [0.29, 0.717) is 6.54 Å². The summed E-state index contributed by atoms with van der Waals surface area (Å²) >= 11 is 0. The second-order valence-electron chi connectivity index (χ2n) is 5.13. The predicted octanol–water partition coefficient (Wildman–Crippen LogP) is 2.28. The number of phenolic OH excluding ortho intramolecular Hbond substituents is 1. The highest BCUT2D eigenvalue weighted by atomic mass is 16.3. The van der Waals surface area contributed by atoms with Gasteiger partial charge in [0.2, 0.25) is 0 Å². The Morgan fingerprint density at radius 1 is 1.50 bits per heavy atom. The van der Waals surface area contributed by atoms with Gasteiger partial charge in [-0.1, -0.05) is 19.4 Å². The Morgan fingerprint density at radius 3 is 2.78 bits per heavy atom. The number of nitrogens with two attached hydrogens (primary N) is 1. The molecule has 1 fully saturated rings. The van der Waals surface area contributed by atoms with Gasteiger partial charge >= 0.3 is 0 Å². The van der Waals surface area contributed by atoms with Crippen LogP contribution in [0.2, 0.25) is 0 Å². The van der Waals surface area contributed by atoms with Gasteiger partial charge in [-0.3, -0.25) is 4.79 Å². The van der Waals surface area contributed by atoms with Gasteiger partial charge < -0.3 is 16.2 Å². The van der Waals surface area contributed by atoms with Crippen molar-refractivity contribution in [2.24, 2.45) is 5.41 Å². The van der Waals surface area contributed by atoms with Crippen LogP contribution in [0.25, 0.3) is 0 Å². The van der Waals surface area contributed by atoms with Crippen LogP contribution in [0.15, 0.2) is 18.2 Å². The quantitative estimate of drug-likeness (QED) is 0.565. The molecular formula is C14H20N2O2. The lowest BCUT2D eigenvalue weighted by Crippen LogP contribution is -2.41. The Labute approximate surface area is 107 Å². The van der Waals surface area contributed by atoms with Gasteiger partial charge in [-0.15, -0.1) is 0 Å². The van der Waals surface area contributed by atoms with E-state index in [1.807, 2.05) is 0 Å². The zero-order valence-electron chi connectivity index (χ0n) is 10.7. The van der Waals surface area contributed by atoms with Gasteiger partial charge in [0.15, 0.2) is 5.75 Å². The first-order chi connectivity index (χ1) is 8.58. The maximum atomic E-state index is 12.0. The molecule has 0 aromatic heterocycles. The molecule has 1 aliphatic rings. The maximum absolute atomic E-state index is 12.0. The number of hydrogen-bond donors (Lipinski definition) is 3. The molecule has 0 unspecified atom stereocenters. The third kappa shape index (κ3) is 2.28. The van der Waals surface area contributed by atoms with Crippen molar-refractivity contribution < 1.29 is 9.90 Å². The Kier molecular flexibility index (Phi) is 3.45. The SMILES string of the molecule is CCC1(CNC(=O)c2cccc(N)c2O)CCC1. The fourth-order valence-corrected chi connectivity index (χ4v) is 2.44. The van der Waals surface area contributed by atoms with Crippen molar-refractivity contribution in [2.75, 3.05) is 12.3 Å². The molecule has 0 bridgehead atoms. The van der Waals surface area contributed by atoms with E-state index < -0.39 is 0 Å². The fourth-order valence-electron chi connectivity index (χ4n) is 2.44. The molecule has 1 aromatic rings. The second-order valence-corrected chi connectivity index (χ2v) is 5.13. The van der Waals surface area contributed by atoms with Crippen LogP contribution in [-0.2, 0) is 0 Å². The molecule has 0 radical (unpaired) electrons. The number of benzene rings is 1. The first-order valence-corrected chi connectivity index (χ1v) is 6.44. The van der Waals surface area contributed by atoms with E-state index in [2.05, 4.69) is 12.2 Å². The third-order valence-electron chi connectivity index (χ3n) is 4.10. The summed E-state index contributed by atoms with van der Waals surface area (Å²) in [7, 11) is 0. The standard InChI is InChI=1S/C14H20N2O2/c1-2-14(7-4-8-14)9-16-13(18)10-5-3-6-11(15)12(10)17/h3,5-6,17H,2,4,7-9,15H2,1H3,(H,16,18). The summed E-state index contributed by atoms with van der Waals surface area (Å²) in [5.41, 5.74) is 6.33. The number of rotatable bonds is 4. The molecule has 1 aromatic carbocycles. The summed E-state index contributed by atoms with van der Waals surface area (Å²) < 4.78 is 0. The lowest BCUT2D eigenvalue weighted by atomic mass is 9.67. The minimum Gasteiger partial charge on any atom is -0.505 e. The number of aromatic hydroxyl groups is 1. The van der Waals surface area contributed by atoms with Crippen molar-refractivity contribution in [3.8, 4) is 5.75 Å². The number of hydrogen-bond acceptors (Lipinski definition) is 3. The highest BCUT2D eigenvalue weighted by Crippen LogP contribution is 2.43. The van der Waals surface area contributed by atoms with Crippen LogP contribution in [0.1, 0.15) is 43.0 Å². The summed E-state index contributed by atoms with van der Waals surface area (Å²) in [6.45, 7) is 2.83. The third-order valence-corrected chi connectivity index (χ3v) is 4.10. The zero-order valence-corrected chi connectivity index (χ0v) is 10.7. The smallest absolute Gasteiger partial charge is 0.255 e. The average Bonchev–Trinajstić information content (AvgIpc) is 2.31. The van der Waals surface area contributed by atoms with E-state index in [9.17, 15) is 9.90 Å². The van der Waals surface area contributed by atoms with Gasteiger partial charge in [0.05, 0.1) is 11.3 Å². The van der Waals surface area contributed by atoms with Crippen LogP contribution in [0.4, 0.5) is 5.69 Å². The molecule has 1 aliphatic carbocycles. The molecule has 0 heterocycles. The van der Waals surface area contributed by atoms with Gasteiger partial charge in [0.1, 0.15) is 0 Å². The van der Waals surface area contributed by atoms with E-state index >= 15 is 0 Å². The lowest BCUT2D eigenvalue weighted by molar-refractivity contribution is 0.0848. The predicted molar refractivity (Wildman–Crippen MR) is 71.4 cm³/mol. The van der Waals surface area contributed by atoms with Crippen LogP contribution in [0.5, 0.6) is 5.75 Å². The molecule has 0 spiro atoms. The molecule has 0 saturated heterocycles. The topological polar surface area (TPSA) is 75.4 Å². The Hall–Kier alpha value is -1.71. The number of carbonyl (C=O) groups is 1. The first kappa shape index (κ1) is 12.7. The van der Waals surface area contributed by atoms with Crippen LogP contribution in [-0.4, -0.2) is 17.6 Å². The lowest BCUT2D eigenvalue weighted by Gasteiger charge is -2.41. The summed E-state index contributed by atoms with van der Waals surface area (Å²) in [4.78, 5) is 12.0. The number of nitrogens with one attached hydrogen (secondary N) is 1. The van der Waals surface area contributed by atoms with Gasteiger partial charge in [-0.05, 0) is 36.8 Å². The highest BCUT2D eigenvalue weighted by molar-refractivity contribution is 5.98. The second kappa shape index (κ2) is 4.88. The van der Waals surface area contributed by atoms with E-state index in [4.69, 9.17) is 5.73 Å².